The molecule has 3 heterocycles. The minimum absolute atomic E-state index is 0.0549. The molecule has 122 valence electrons. The van der Waals surface area contributed by atoms with Crippen LogP contribution < -0.4 is 14.8 Å². The number of hydrogen-bond donors (Lipinski definition) is 1. The van der Waals surface area contributed by atoms with Crippen LogP contribution in [0.1, 0.15) is 43.1 Å². The van der Waals surface area contributed by atoms with Gasteiger partial charge in [-0.1, -0.05) is 6.07 Å². The van der Waals surface area contributed by atoms with Crippen LogP contribution in [0, 0.1) is 0 Å². The second-order valence-corrected chi connectivity index (χ2v) is 6.28. The largest absolute Gasteiger partial charge is 0.454 e. The van der Waals surface area contributed by atoms with E-state index in [1.165, 1.54) is 12.8 Å². The van der Waals surface area contributed by atoms with Crippen molar-refractivity contribution in [3.63, 3.8) is 0 Å². The molecule has 0 saturated heterocycles. The van der Waals surface area contributed by atoms with Gasteiger partial charge < -0.3 is 14.8 Å². The number of nitrogens with one attached hydrogen (secondary N) is 1. The van der Waals surface area contributed by atoms with Gasteiger partial charge in [-0.2, -0.15) is 0 Å². The van der Waals surface area contributed by atoms with E-state index in [2.05, 4.69) is 27.4 Å². The molecule has 1 aliphatic carbocycles. The van der Waals surface area contributed by atoms with Crippen molar-refractivity contribution >= 4 is 11.5 Å². The number of hydrogen-bond acceptors (Lipinski definition) is 6. The van der Waals surface area contributed by atoms with Gasteiger partial charge in [0, 0.05) is 18.3 Å². The molecule has 2 aromatic heterocycles. The Hall–Kier alpha value is -2.83. The van der Waals surface area contributed by atoms with Gasteiger partial charge in [-0.25, -0.2) is 4.98 Å². The maximum atomic E-state index is 5.45. The third kappa shape index (κ3) is 2.16. The third-order valence-corrected chi connectivity index (χ3v) is 4.55. The van der Waals surface area contributed by atoms with E-state index >= 15 is 0 Å². The molecule has 24 heavy (non-hydrogen) atoms. The first-order valence-electron chi connectivity index (χ1n) is 8.15. The smallest absolute Gasteiger partial charge is 0.231 e. The van der Waals surface area contributed by atoms with Gasteiger partial charge in [-0.3, -0.25) is 4.40 Å². The van der Waals surface area contributed by atoms with Crippen LogP contribution in [0.5, 0.6) is 11.5 Å². The first-order valence-corrected chi connectivity index (χ1v) is 8.15. The summed E-state index contributed by atoms with van der Waals surface area (Å²) >= 11 is 0. The number of rotatable bonds is 4. The molecule has 0 spiro atoms. The molecule has 5 rings (SSSR count). The van der Waals surface area contributed by atoms with E-state index in [4.69, 9.17) is 9.47 Å². The van der Waals surface area contributed by atoms with Gasteiger partial charge in [0.25, 0.3) is 0 Å². The molecule has 0 bridgehead atoms. The van der Waals surface area contributed by atoms with Crippen LogP contribution in [-0.4, -0.2) is 26.4 Å². The molecule has 0 amide bonds. The Labute approximate surface area is 138 Å². The predicted octanol–water partition coefficient (Wildman–Crippen LogP) is 2.90. The van der Waals surface area contributed by atoms with Gasteiger partial charge in [0.05, 0.1) is 6.04 Å². The molecule has 2 aliphatic rings. The van der Waals surface area contributed by atoms with E-state index in [-0.39, 0.29) is 12.8 Å². The Bertz CT molecular complexity index is 918. The Kier molecular flexibility index (Phi) is 2.88. The average Bonchev–Trinajstić information content (AvgIpc) is 3.17. The van der Waals surface area contributed by atoms with Crippen molar-refractivity contribution in [3.05, 3.63) is 42.0 Å². The highest BCUT2D eigenvalue weighted by molar-refractivity contribution is 5.63. The Morgan fingerprint density at radius 2 is 2.08 bits per heavy atom. The molecular weight excluding hydrogens is 306 g/mol. The van der Waals surface area contributed by atoms with Gasteiger partial charge in [0.1, 0.15) is 5.82 Å². The van der Waals surface area contributed by atoms with Crippen molar-refractivity contribution < 1.29 is 9.47 Å². The molecule has 1 unspecified atom stereocenters. The van der Waals surface area contributed by atoms with Gasteiger partial charge in [-0.15, -0.1) is 10.2 Å². The predicted molar refractivity (Wildman–Crippen MR) is 87.4 cm³/mol. The number of anilines is 1. The maximum Gasteiger partial charge on any atom is 0.231 e. The fourth-order valence-electron chi connectivity index (χ4n) is 3.04. The molecule has 7 nitrogen and oxygen atoms in total. The van der Waals surface area contributed by atoms with Crippen LogP contribution in [0.3, 0.4) is 0 Å². The van der Waals surface area contributed by atoms with Crippen LogP contribution in [0.15, 0.2) is 30.6 Å². The summed E-state index contributed by atoms with van der Waals surface area (Å²) in [6.45, 7) is 2.37. The average molecular weight is 323 g/mol. The summed E-state index contributed by atoms with van der Waals surface area (Å²) in [6, 6.07) is 6.02. The lowest BCUT2D eigenvalue weighted by Crippen LogP contribution is -2.09. The van der Waals surface area contributed by atoms with Crippen LogP contribution >= 0.6 is 0 Å². The summed E-state index contributed by atoms with van der Waals surface area (Å²) in [5.41, 5.74) is 1.87. The van der Waals surface area contributed by atoms with E-state index in [1.54, 1.807) is 6.20 Å². The molecule has 1 fully saturated rings. The first-order chi connectivity index (χ1) is 11.8. The van der Waals surface area contributed by atoms with Crippen molar-refractivity contribution in [2.75, 3.05) is 12.1 Å². The van der Waals surface area contributed by atoms with E-state index in [1.807, 2.05) is 28.8 Å². The third-order valence-electron chi connectivity index (χ3n) is 4.55. The Morgan fingerprint density at radius 1 is 1.21 bits per heavy atom. The summed E-state index contributed by atoms with van der Waals surface area (Å²) in [5.74, 6) is 3.89. The highest BCUT2D eigenvalue weighted by Gasteiger charge is 2.29. The molecule has 0 radical (unpaired) electrons. The topological polar surface area (TPSA) is 73.6 Å². The molecule has 1 N–H and O–H groups in total. The highest BCUT2D eigenvalue weighted by Crippen LogP contribution is 2.39. The van der Waals surface area contributed by atoms with Crippen LogP contribution in [0.2, 0.25) is 0 Å². The van der Waals surface area contributed by atoms with E-state index in [0.29, 0.717) is 5.92 Å². The van der Waals surface area contributed by atoms with Gasteiger partial charge in [0.2, 0.25) is 12.4 Å². The standard InChI is InChI=1S/C17H17N5O2/c1-10(12-4-5-13-14(8-12)24-9-23-13)19-15-17-21-20-16(11-2-3-11)22(17)7-6-18-15/h4-8,10-11H,2-3,9H2,1H3,(H,18,19). The number of fused-ring (bicyclic) bond motifs is 2. The van der Waals surface area contributed by atoms with Crippen molar-refractivity contribution in [2.24, 2.45) is 0 Å². The zero-order valence-electron chi connectivity index (χ0n) is 13.3. The van der Waals surface area contributed by atoms with Crippen molar-refractivity contribution in [3.8, 4) is 11.5 Å². The minimum Gasteiger partial charge on any atom is -0.454 e. The summed E-state index contributed by atoms with van der Waals surface area (Å²) < 4.78 is 12.9. The summed E-state index contributed by atoms with van der Waals surface area (Å²) in [7, 11) is 0. The molecule has 1 aromatic carbocycles. The lowest BCUT2D eigenvalue weighted by atomic mass is 10.1. The monoisotopic (exact) mass is 323 g/mol. The second-order valence-electron chi connectivity index (χ2n) is 6.28. The molecule has 1 atom stereocenters. The molecule has 7 heteroatoms. The summed E-state index contributed by atoms with van der Waals surface area (Å²) in [5, 5.41) is 12.1. The first kappa shape index (κ1) is 13.6. The summed E-state index contributed by atoms with van der Waals surface area (Å²) in [6.07, 6.45) is 6.11. The van der Waals surface area contributed by atoms with Gasteiger partial charge >= 0.3 is 0 Å². The molecule has 3 aromatic rings. The van der Waals surface area contributed by atoms with E-state index < -0.39 is 0 Å². The zero-order chi connectivity index (χ0) is 16.1. The lowest BCUT2D eigenvalue weighted by molar-refractivity contribution is 0.174. The maximum absolute atomic E-state index is 5.45. The quantitative estimate of drug-likeness (QED) is 0.796. The summed E-state index contributed by atoms with van der Waals surface area (Å²) in [4.78, 5) is 4.45. The fourth-order valence-corrected chi connectivity index (χ4v) is 3.04. The second kappa shape index (κ2) is 5.09. The molecular formula is C17H17N5O2. The number of nitrogens with zero attached hydrogens (tertiary/aromatic N) is 4. The van der Waals surface area contributed by atoms with Gasteiger partial charge in [-0.05, 0) is 37.5 Å². The highest BCUT2D eigenvalue weighted by atomic mass is 16.7. The van der Waals surface area contributed by atoms with Crippen LogP contribution in [0.4, 0.5) is 5.82 Å². The van der Waals surface area contributed by atoms with Crippen molar-refractivity contribution in [1.29, 1.82) is 0 Å². The fraction of sp³-hybridized carbons (Fsp3) is 0.353. The minimum atomic E-state index is 0.0549. The Morgan fingerprint density at radius 3 is 2.96 bits per heavy atom. The normalized spacial score (nSPS) is 17.2. The number of aromatic nitrogens is 4. The molecule has 1 saturated carbocycles. The van der Waals surface area contributed by atoms with Crippen LogP contribution in [-0.2, 0) is 0 Å². The van der Waals surface area contributed by atoms with Crippen LogP contribution in [0.25, 0.3) is 5.65 Å². The lowest BCUT2D eigenvalue weighted by Gasteiger charge is -2.15. The Balaban J connectivity index is 1.45. The van der Waals surface area contributed by atoms with E-state index in [0.717, 1.165) is 34.4 Å². The SMILES string of the molecule is CC(Nc1nccn2c(C3CC3)nnc12)c1ccc2c(c1)OCO2. The zero-order valence-corrected chi connectivity index (χ0v) is 13.3. The van der Waals surface area contributed by atoms with Crippen molar-refractivity contribution in [1.82, 2.24) is 19.6 Å². The van der Waals surface area contributed by atoms with Gasteiger partial charge in [0.15, 0.2) is 17.3 Å². The van der Waals surface area contributed by atoms with E-state index in [9.17, 15) is 0 Å². The number of benzene rings is 1. The van der Waals surface area contributed by atoms with Crippen molar-refractivity contribution in [2.45, 2.75) is 31.7 Å². The number of ether oxygens (including phenoxy) is 2. The molecule has 1 aliphatic heterocycles.